The molecular formula is C19H31N3O10S. The Hall–Kier alpha value is -2.45. The smallest absolute Gasteiger partial charge is 0.346 e. The van der Waals surface area contributed by atoms with E-state index in [1.165, 1.54) is 12.0 Å². The van der Waals surface area contributed by atoms with Gasteiger partial charge in [0.25, 0.3) is 0 Å². The first kappa shape index (κ1) is 26.8. The molecule has 2 aliphatic rings. The number of urea groups is 1. The third-order valence-corrected chi connectivity index (χ3v) is 6.64. The SMILES string of the molecule is CCCCOC(=O)C(COC)S(=O)(=O)ON1C(=O)N2C[C@H]1CC[C@H]2C(=O)NCOC(=O)CC. The fraction of sp³-hybridized carbons (Fsp3) is 0.789. The predicted molar refractivity (Wildman–Crippen MR) is 112 cm³/mol. The van der Waals surface area contributed by atoms with Crippen molar-refractivity contribution in [2.75, 3.05) is 33.6 Å². The van der Waals surface area contributed by atoms with Gasteiger partial charge in [-0.25, -0.2) is 4.79 Å². The van der Waals surface area contributed by atoms with Gasteiger partial charge in [0.15, 0.2) is 6.73 Å². The molecule has 0 aromatic rings. The summed E-state index contributed by atoms with van der Waals surface area (Å²) in [6.07, 6.45) is 2.02. The summed E-state index contributed by atoms with van der Waals surface area (Å²) in [5.41, 5.74) is 0. The van der Waals surface area contributed by atoms with Gasteiger partial charge in [0.1, 0.15) is 6.04 Å². The van der Waals surface area contributed by atoms with Gasteiger partial charge in [-0.05, 0) is 19.3 Å². The minimum atomic E-state index is -4.62. The van der Waals surface area contributed by atoms with E-state index in [1.807, 2.05) is 6.92 Å². The number of piperidine rings is 1. The molecule has 0 radical (unpaired) electrons. The van der Waals surface area contributed by atoms with Gasteiger partial charge in [-0.3, -0.25) is 14.4 Å². The van der Waals surface area contributed by atoms with Crippen molar-refractivity contribution in [1.29, 1.82) is 0 Å². The number of rotatable bonds is 13. The van der Waals surface area contributed by atoms with Gasteiger partial charge in [-0.15, -0.1) is 4.28 Å². The second kappa shape index (κ2) is 12.1. The number of amides is 3. The van der Waals surface area contributed by atoms with Crippen molar-refractivity contribution >= 4 is 34.0 Å². The van der Waals surface area contributed by atoms with E-state index in [-0.39, 0.29) is 32.7 Å². The molecule has 2 aliphatic heterocycles. The highest BCUT2D eigenvalue weighted by molar-refractivity contribution is 7.88. The van der Waals surface area contributed by atoms with Crippen LogP contribution in [0.4, 0.5) is 4.79 Å². The van der Waals surface area contributed by atoms with Gasteiger partial charge >= 0.3 is 28.1 Å². The van der Waals surface area contributed by atoms with Crippen LogP contribution in [0, 0.1) is 0 Å². The molecule has 188 valence electrons. The average Bonchev–Trinajstić information content (AvgIpc) is 3.01. The van der Waals surface area contributed by atoms with Gasteiger partial charge in [0, 0.05) is 20.1 Å². The molecule has 0 saturated carbocycles. The predicted octanol–water partition coefficient (Wildman–Crippen LogP) is -0.0984. The van der Waals surface area contributed by atoms with Crippen LogP contribution in [-0.2, 0) is 43.0 Å². The highest BCUT2D eigenvalue weighted by atomic mass is 32.2. The quantitative estimate of drug-likeness (QED) is 0.209. The summed E-state index contributed by atoms with van der Waals surface area (Å²) in [7, 11) is -3.39. The number of nitrogens with one attached hydrogen (secondary N) is 1. The van der Waals surface area contributed by atoms with Crippen molar-refractivity contribution in [2.45, 2.75) is 63.3 Å². The lowest BCUT2D eigenvalue weighted by atomic mass is 10.0. The Kier molecular flexibility index (Phi) is 9.86. The van der Waals surface area contributed by atoms with E-state index in [0.717, 1.165) is 6.42 Å². The summed E-state index contributed by atoms with van der Waals surface area (Å²) in [6.45, 7) is 2.77. The average molecular weight is 494 g/mol. The zero-order chi connectivity index (χ0) is 24.6. The number of unbranched alkanes of at least 4 members (excludes halogenated alkanes) is 1. The highest BCUT2D eigenvalue weighted by Crippen LogP contribution is 2.31. The molecule has 0 aromatic heterocycles. The van der Waals surface area contributed by atoms with Crippen LogP contribution >= 0.6 is 0 Å². The number of methoxy groups -OCH3 is 1. The molecule has 2 rings (SSSR count). The zero-order valence-electron chi connectivity index (χ0n) is 19.0. The van der Waals surface area contributed by atoms with Crippen LogP contribution in [0.2, 0.25) is 0 Å². The van der Waals surface area contributed by atoms with E-state index in [1.54, 1.807) is 6.92 Å². The molecule has 3 amide bonds. The number of esters is 2. The maximum atomic E-state index is 12.8. The van der Waals surface area contributed by atoms with E-state index in [0.29, 0.717) is 17.9 Å². The molecule has 14 heteroatoms. The van der Waals surface area contributed by atoms with Crippen LogP contribution in [0.25, 0.3) is 0 Å². The lowest BCUT2D eigenvalue weighted by molar-refractivity contribution is -0.146. The summed E-state index contributed by atoms with van der Waals surface area (Å²) in [5.74, 6) is -2.05. The fourth-order valence-electron chi connectivity index (χ4n) is 3.40. The van der Waals surface area contributed by atoms with Gasteiger partial charge in [0.2, 0.25) is 11.2 Å². The lowest BCUT2D eigenvalue weighted by Gasteiger charge is -2.29. The molecule has 2 heterocycles. The van der Waals surface area contributed by atoms with Crippen molar-refractivity contribution in [3.8, 4) is 0 Å². The maximum absolute atomic E-state index is 12.8. The maximum Gasteiger partial charge on any atom is 0.346 e. The van der Waals surface area contributed by atoms with E-state index in [2.05, 4.69) is 5.32 Å². The molecule has 0 aliphatic carbocycles. The molecule has 2 bridgehead atoms. The summed E-state index contributed by atoms with van der Waals surface area (Å²) in [4.78, 5) is 49.9. The number of fused-ring (bicyclic) bond motifs is 2. The Morgan fingerprint density at radius 1 is 1.18 bits per heavy atom. The number of carbonyl (C=O) groups excluding carboxylic acids is 4. The van der Waals surface area contributed by atoms with Crippen LogP contribution in [0.15, 0.2) is 0 Å². The van der Waals surface area contributed by atoms with Crippen molar-refractivity contribution in [3.63, 3.8) is 0 Å². The van der Waals surface area contributed by atoms with Crippen LogP contribution in [0.5, 0.6) is 0 Å². The number of hydrogen-bond acceptors (Lipinski definition) is 10. The molecule has 13 nitrogen and oxygen atoms in total. The Labute approximate surface area is 192 Å². The third kappa shape index (κ3) is 6.77. The lowest BCUT2D eigenvalue weighted by Crippen LogP contribution is -2.50. The van der Waals surface area contributed by atoms with E-state index in [9.17, 15) is 27.6 Å². The largest absolute Gasteiger partial charge is 0.465 e. The Balaban J connectivity index is 2.04. The third-order valence-electron chi connectivity index (χ3n) is 5.25. The molecule has 2 fully saturated rings. The molecule has 3 atom stereocenters. The standard InChI is InChI=1S/C19H31N3O10S/c1-4-6-9-30-18(25)15(11-29-3)33(27,28)32-22-13-7-8-14(21(10-13)19(22)26)17(24)20-12-31-16(23)5-2/h13-15H,4-12H2,1-3H3,(H,20,24)/t13-,14+,15?/m1/s1. The Morgan fingerprint density at radius 3 is 2.55 bits per heavy atom. The molecule has 0 spiro atoms. The van der Waals surface area contributed by atoms with E-state index >= 15 is 0 Å². The minimum absolute atomic E-state index is 0.0501. The Morgan fingerprint density at radius 2 is 1.91 bits per heavy atom. The van der Waals surface area contributed by atoms with Gasteiger partial charge in [-0.2, -0.15) is 13.5 Å². The van der Waals surface area contributed by atoms with Crippen LogP contribution in [0.3, 0.4) is 0 Å². The molecule has 0 aromatic carbocycles. The fourth-order valence-corrected chi connectivity index (χ4v) is 4.52. The zero-order valence-corrected chi connectivity index (χ0v) is 19.8. The minimum Gasteiger partial charge on any atom is -0.465 e. The van der Waals surface area contributed by atoms with Crippen LogP contribution < -0.4 is 5.32 Å². The molecule has 1 N–H and O–H groups in total. The normalized spacial score (nSPS) is 21.0. The molecule has 1 unspecified atom stereocenters. The number of hydroxylamine groups is 2. The van der Waals surface area contributed by atoms with Crippen LogP contribution in [0.1, 0.15) is 46.0 Å². The second-order valence-corrected chi connectivity index (χ2v) is 9.30. The second-order valence-electron chi connectivity index (χ2n) is 7.60. The first-order valence-corrected chi connectivity index (χ1v) is 12.3. The summed E-state index contributed by atoms with van der Waals surface area (Å²) in [5, 5.41) is 1.34. The number of ether oxygens (including phenoxy) is 3. The van der Waals surface area contributed by atoms with Crippen molar-refractivity contribution in [1.82, 2.24) is 15.3 Å². The van der Waals surface area contributed by atoms with Gasteiger partial charge in [-0.1, -0.05) is 20.3 Å². The van der Waals surface area contributed by atoms with Gasteiger partial charge in [0.05, 0.1) is 19.3 Å². The van der Waals surface area contributed by atoms with E-state index in [4.69, 9.17) is 18.5 Å². The van der Waals surface area contributed by atoms with E-state index < -0.39 is 57.9 Å². The highest BCUT2D eigenvalue weighted by Gasteiger charge is 2.50. The first-order valence-electron chi connectivity index (χ1n) is 10.8. The number of hydrogen-bond donors (Lipinski definition) is 1. The molecule has 33 heavy (non-hydrogen) atoms. The first-order chi connectivity index (χ1) is 15.7. The van der Waals surface area contributed by atoms with Crippen LogP contribution in [-0.4, -0.2) is 93.2 Å². The number of carbonyl (C=O) groups is 4. The van der Waals surface area contributed by atoms with Crippen molar-refractivity contribution in [3.05, 3.63) is 0 Å². The Bertz CT molecular complexity index is 834. The van der Waals surface area contributed by atoms with Gasteiger partial charge < -0.3 is 24.4 Å². The summed E-state index contributed by atoms with van der Waals surface area (Å²) < 4.78 is 45.3. The monoisotopic (exact) mass is 493 g/mol. The summed E-state index contributed by atoms with van der Waals surface area (Å²) in [6, 6.07) is -2.31. The number of nitrogens with zero attached hydrogens (tertiary/aromatic N) is 2. The molecule has 2 saturated heterocycles. The topological polar surface area (TPSA) is 158 Å². The molecular weight excluding hydrogens is 462 g/mol. The summed E-state index contributed by atoms with van der Waals surface area (Å²) >= 11 is 0. The van der Waals surface area contributed by atoms with Crippen molar-refractivity contribution < 1.29 is 46.1 Å². The van der Waals surface area contributed by atoms with Crippen molar-refractivity contribution in [2.24, 2.45) is 0 Å².